The lowest BCUT2D eigenvalue weighted by Crippen LogP contribution is -2.41. The molecule has 1 N–H and O–H groups in total. The van der Waals surface area contributed by atoms with Crippen LogP contribution in [0.4, 0.5) is 0 Å². The van der Waals surface area contributed by atoms with Crippen molar-refractivity contribution in [3.63, 3.8) is 0 Å². The Labute approximate surface area is 145 Å². The summed E-state index contributed by atoms with van der Waals surface area (Å²) < 4.78 is 9.93. The van der Waals surface area contributed by atoms with Gasteiger partial charge in [0.15, 0.2) is 0 Å². The molecule has 6 nitrogen and oxygen atoms in total. The lowest BCUT2D eigenvalue weighted by atomic mass is 10.1. The van der Waals surface area contributed by atoms with Crippen molar-refractivity contribution in [2.75, 3.05) is 0 Å². The Morgan fingerprint density at radius 1 is 1.12 bits per heavy atom. The third kappa shape index (κ3) is 3.91. The van der Waals surface area contributed by atoms with Gasteiger partial charge in [0.05, 0.1) is 0 Å². The molecule has 0 aliphatic carbocycles. The number of allylic oxidation sites excluding steroid dienone is 3. The average Bonchev–Trinajstić information content (AvgIpc) is 2.92. The molecule has 0 bridgehead atoms. The number of ether oxygens (including phenoxy) is 2. The first-order valence-electron chi connectivity index (χ1n) is 7.91. The number of hydrogen-bond donors (Lipinski definition) is 1. The van der Waals surface area contributed by atoms with E-state index in [0.717, 1.165) is 19.2 Å². The summed E-state index contributed by atoms with van der Waals surface area (Å²) in [6.07, 6.45) is 5.94. The van der Waals surface area contributed by atoms with Gasteiger partial charge < -0.3 is 19.5 Å². The topological polar surface area (TPSA) is 76.1 Å². The van der Waals surface area contributed by atoms with Crippen molar-refractivity contribution in [1.82, 2.24) is 4.90 Å². The molecule has 1 fully saturated rings. The second-order valence-corrected chi connectivity index (χ2v) is 6.34. The minimum atomic E-state index is -1.30. The van der Waals surface area contributed by atoms with E-state index in [1.165, 1.54) is 31.1 Å². The summed E-state index contributed by atoms with van der Waals surface area (Å²) in [5.74, 6) is -3.17. The van der Waals surface area contributed by atoms with Crippen LogP contribution in [0.15, 0.2) is 60.0 Å². The average molecular weight is 341 g/mol. The zero-order chi connectivity index (χ0) is 18.0. The van der Waals surface area contributed by atoms with Crippen LogP contribution in [-0.4, -0.2) is 27.7 Å². The van der Waals surface area contributed by atoms with Crippen LogP contribution in [0.25, 0.3) is 0 Å². The monoisotopic (exact) mass is 341 g/mol. The standard InChI is InChI=1S/C19H19NO5/c1-19(2)24-17(22)16(18(23)25-19)10-15(21)8-5-9-20-11-13-6-3-4-7-14(13)12-20/h3-10,21H,11-12H2,1-2H3/b9-5+,15-8-. The number of esters is 2. The molecule has 1 aromatic rings. The number of cyclic esters (lactones) is 2. The fraction of sp³-hybridized carbons (Fsp3) is 0.263. The molecule has 2 aliphatic rings. The lowest BCUT2D eigenvalue weighted by Gasteiger charge is -2.29. The Morgan fingerprint density at radius 2 is 1.68 bits per heavy atom. The van der Waals surface area contributed by atoms with Crippen molar-refractivity contribution in [3.05, 3.63) is 71.2 Å². The highest BCUT2D eigenvalue weighted by atomic mass is 16.7. The predicted octanol–water partition coefficient (Wildman–Crippen LogP) is 2.72. The van der Waals surface area contributed by atoms with Crippen LogP contribution < -0.4 is 0 Å². The normalized spacial score (nSPS) is 19.7. The fourth-order valence-corrected chi connectivity index (χ4v) is 2.70. The summed E-state index contributed by atoms with van der Waals surface area (Å²) in [6, 6.07) is 8.19. The maximum Gasteiger partial charge on any atom is 0.348 e. The van der Waals surface area contributed by atoms with Crippen molar-refractivity contribution < 1.29 is 24.2 Å². The van der Waals surface area contributed by atoms with Crippen molar-refractivity contribution in [3.8, 4) is 0 Å². The van der Waals surface area contributed by atoms with E-state index in [0.29, 0.717) is 0 Å². The molecule has 3 rings (SSSR count). The third-order valence-corrected chi connectivity index (χ3v) is 3.84. The molecular weight excluding hydrogens is 322 g/mol. The van der Waals surface area contributed by atoms with Crippen LogP contribution in [0.2, 0.25) is 0 Å². The van der Waals surface area contributed by atoms with Gasteiger partial charge in [-0.1, -0.05) is 24.3 Å². The second kappa shape index (κ2) is 6.47. The number of hydrogen-bond acceptors (Lipinski definition) is 6. The van der Waals surface area contributed by atoms with Crippen LogP contribution >= 0.6 is 0 Å². The molecule has 0 spiro atoms. The molecule has 0 amide bonds. The van der Waals surface area contributed by atoms with Crippen molar-refractivity contribution in [2.24, 2.45) is 0 Å². The summed E-state index contributed by atoms with van der Waals surface area (Å²) in [5, 5.41) is 9.91. The SMILES string of the molecule is CC1(C)OC(=O)C(=C/C(O)=C/C=C/N2Cc3ccccc3C2)C(=O)O1. The summed E-state index contributed by atoms with van der Waals surface area (Å²) in [6.45, 7) is 4.53. The molecule has 25 heavy (non-hydrogen) atoms. The minimum Gasteiger partial charge on any atom is -0.508 e. The van der Waals surface area contributed by atoms with Gasteiger partial charge in [-0.15, -0.1) is 0 Å². The quantitative estimate of drug-likeness (QED) is 0.299. The highest BCUT2D eigenvalue weighted by Crippen LogP contribution is 2.24. The van der Waals surface area contributed by atoms with E-state index in [2.05, 4.69) is 17.0 Å². The van der Waals surface area contributed by atoms with E-state index in [1.54, 1.807) is 6.08 Å². The molecule has 0 radical (unpaired) electrons. The zero-order valence-corrected chi connectivity index (χ0v) is 14.1. The molecule has 2 heterocycles. The molecule has 2 aliphatic heterocycles. The molecule has 1 saturated heterocycles. The van der Waals surface area contributed by atoms with Crippen LogP contribution in [0, 0.1) is 0 Å². The number of benzene rings is 1. The van der Waals surface area contributed by atoms with E-state index < -0.39 is 17.7 Å². The number of aliphatic hydroxyl groups excluding tert-OH is 1. The summed E-state index contributed by atoms with van der Waals surface area (Å²) in [4.78, 5) is 25.7. The van der Waals surface area contributed by atoms with Gasteiger partial charge in [0.2, 0.25) is 0 Å². The Balaban J connectivity index is 1.65. The Morgan fingerprint density at radius 3 is 2.24 bits per heavy atom. The van der Waals surface area contributed by atoms with Gasteiger partial charge in [0.1, 0.15) is 11.3 Å². The molecule has 130 valence electrons. The van der Waals surface area contributed by atoms with E-state index >= 15 is 0 Å². The van der Waals surface area contributed by atoms with Crippen LogP contribution in [0.5, 0.6) is 0 Å². The lowest BCUT2D eigenvalue weighted by molar-refractivity contribution is -0.222. The molecule has 0 unspecified atom stereocenters. The predicted molar refractivity (Wildman–Crippen MR) is 89.9 cm³/mol. The molecule has 0 saturated carbocycles. The van der Waals surface area contributed by atoms with E-state index in [4.69, 9.17) is 9.47 Å². The Bertz CT molecular complexity index is 757. The highest BCUT2D eigenvalue weighted by Gasteiger charge is 2.38. The summed E-state index contributed by atoms with van der Waals surface area (Å²) in [5.41, 5.74) is 2.21. The maximum atomic E-state index is 11.8. The van der Waals surface area contributed by atoms with Crippen LogP contribution in [-0.2, 0) is 32.2 Å². The highest BCUT2D eigenvalue weighted by molar-refractivity contribution is 6.15. The summed E-state index contributed by atoms with van der Waals surface area (Å²) >= 11 is 0. The van der Waals surface area contributed by atoms with Gasteiger partial charge in [-0.05, 0) is 29.5 Å². The number of rotatable bonds is 3. The Kier molecular flexibility index (Phi) is 4.35. The van der Waals surface area contributed by atoms with Gasteiger partial charge >= 0.3 is 11.9 Å². The minimum absolute atomic E-state index is 0.239. The van der Waals surface area contributed by atoms with Gasteiger partial charge in [0.25, 0.3) is 5.79 Å². The summed E-state index contributed by atoms with van der Waals surface area (Å²) in [7, 11) is 0. The Hall–Kier alpha value is -3.02. The smallest absolute Gasteiger partial charge is 0.348 e. The van der Waals surface area contributed by atoms with Crippen LogP contribution in [0.3, 0.4) is 0 Å². The third-order valence-electron chi connectivity index (χ3n) is 3.84. The van der Waals surface area contributed by atoms with E-state index in [1.807, 2.05) is 18.3 Å². The van der Waals surface area contributed by atoms with E-state index in [-0.39, 0.29) is 11.3 Å². The fourth-order valence-electron chi connectivity index (χ4n) is 2.70. The molecule has 0 aromatic heterocycles. The first kappa shape index (κ1) is 16.8. The number of carbonyl (C=O) groups excluding carboxylic acids is 2. The zero-order valence-electron chi connectivity index (χ0n) is 14.1. The maximum absolute atomic E-state index is 11.8. The van der Waals surface area contributed by atoms with Gasteiger partial charge in [-0.3, -0.25) is 0 Å². The van der Waals surface area contributed by atoms with Crippen molar-refractivity contribution in [2.45, 2.75) is 32.7 Å². The molecular formula is C19H19NO5. The molecule has 0 atom stereocenters. The number of nitrogens with zero attached hydrogens (tertiary/aromatic N) is 1. The van der Waals surface area contributed by atoms with Crippen molar-refractivity contribution >= 4 is 11.9 Å². The number of aliphatic hydroxyl groups is 1. The van der Waals surface area contributed by atoms with E-state index in [9.17, 15) is 14.7 Å². The van der Waals surface area contributed by atoms with Crippen molar-refractivity contribution in [1.29, 1.82) is 0 Å². The first-order valence-corrected chi connectivity index (χ1v) is 7.91. The second-order valence-electron chi connectivity index (χ2n) is 6.34. The largest absolute Gasteiger partial charge is 0.508 e. The van der Waals surface area contributed by atoms with Gasteiger partial charge in [-0.2, -0.15) is 0 Å². The number of carbonyl (C=O) groups is 2. The molecule has 6 heteroatoms. The first-order chi connectivity index (χ1) is 11.8. The number of fused-ring (bicyclic) bond motifs is 1. The van der Waals surface area contributed by atoms with Gasteiger partial charge in [0, 0.05) is 33.0 Å². The van der Waals surface area contributed by atoms with Gasteiger partial charge in [-0.25, -0.2) is 9.59 Å². The molecule has 1 aromatic carbocycles. The van der Waals surface area contributed by atoms with Crippen LogP contribution in [0.1, 0.15) is 25.0 Å².